The van der Waals surface area contributed by atoms with Crippen molar-refractivity contribution < 1.29 is 9.18 Å². The molecule has 20 heavy (non-hydrogen) atoms. The van der Waals surface area contributed by atoms with Gasteiger partial charge < -0.3 is 10.2 Å². The average Bonchev–Trinajstić information content (AvgIpc) is 3.14. The summed E-state index contributed by atoms with van der Waals surface area (Å²) in [5.41, 5.74) is 0.345. The van der Waals surface area contributed by atoms with Crippen LogP contribution in [0.1, 0.15) is 23.2 Å². The van der Waals surface area contributed by atoms with Crippen LogP contribution in [0.2, 0.25) is 5.02 Å². The van der Waals surface area contributed by atoms with Gasteiger partial charge in [0.25, 0.3) is 5.91 Å². The lowest BCUT2D eigenvalue weighted by Crippen LogP contribution is -2.41. The van der Waals surface area contributed by atoms with Crippen LogP contribution in [-0.4, -0.2) is 37.0 Å². The van der Waals surface area contributed by atoms with E-state index in [2.05, 4.69) is 17.3 Å². The van der Waals surface area contributed by atoms with Gasteiger partial charge in [-0.3, -0.25) is 4.79 Å². The van der Waals surface area contributed by atoms with Crippen molar-refractivity contribution >= 4 is 17.5 Å². The summed E-state index contributed by atoms with van der Waals surface area (Å²) in [6.45, 7) is 1.90. The van der Waals surface area contributed by atoms with E-state index in [0.717, 1.165) is 19.0 Å². The van der Waals surface area contributed by atoms with Crippen LogP contribution >= 0.6 is 11.6 Å². The molecule has 0 unspecified atom stereocenters. The van der Waals surface area contributed by atoms with Crippen molar-refractivity contribution in [1.82, 2.24) is 10.2 Å². The lowest BCUT2D eigenvalue weighted by molar-refractivity contribution is 0.0928. The molecule has 2 fully saturated rings. The molecule has 0 spiro atoms. The Hall–Kier alpha value is -1.13. The second kappa shape index (κ2) is 5.34. The van der Waals surface area contributed by atoms with E-state index in [1.54, 1.807) is 0 Å². The van der Waals surface area contributed by atoms with Crippen molar-refractivity contribution in [3.8, 4) is 0 Å². The smallest absolute Gasteiger partial charge is 0.253 e. The molecular formula is C15H18ClFN2O. The highest BCUT2D eigenvalue weighted by Crippen LogP contribution is 2.41. The molecule has 5 heteroatoms. The molecule has 1 aliphatic carbocycles. The molecule has 1 saturated carbocycles. The monoisotopic (exact) mass is 296 g/mol. The Bertz CT molecular complexity index is 533. The Morgan fingerprint density at radius 1 is 1.40 bits per heavy atom. The van der Waals surface area contributed by atoms with E-state index >= 15 is 0 Å². The fourth-order valence-electron chi connectivity index (χ4n) is 3.11. The fraction of sp³-hybridized carbons (Fsp3) is 0.533. The zero-order chi connectivity index (χ0) is 14.3. The summed E-state index contributed by atoms with van der Waals surface area (Å²) in [4.78, 5) is 14.5. The largest absolute Gasteiger partial charge is 0.348 e. The molecule has 2 aliphatic rings. The highest BCUT2D eigenvalue weighted by atomic mass is 35.5. The predicted octanol–water partition coefficient (Wildman–Crippen LogP) is 2.55. The summed E-state index contributed by atoms with van der Waals surface area (Å²) < 4.78 is 13.0. The van der Waals surface area contributed by atoms with Crippen molar-refractivity contribution in [1.29, 1.82) is 0 Å². The normalized spacial score (nSPS) is 26.8. The molecule has 1 aromatic rings. The number of nitrogens with zero attached hydrogens (tertiary/aromatic N) is 1. The number of nitrogens with one attached hydrogen (secondary N) is 1. The number of hydrogen-bond acceptors (Lipinski definition) is 2. The number of likely N-dealkylation sites (tertiary alicyclic amines) is 1. The molecule has 1 aromatic carbocycles. The van der Waals surface area contributed by atoms with E-state index < -0.39 is 5.82 Å². The van der Waals surface area contributed by atoms with Gasteiger partial charge >= 0.3 is 0 Å². The molecule has 1 saturated heterocycles. The van der Waals surface area contributed by atoms with Crippen LogP contribution in [0.5, 0.6) is 0 Å². The van der Waals surface area contributed by atoms with Gasteiger partial charge in [-0.15, -0.1) is 0 Å². The van der Waals surface area contributed by atoms with Gasteiger partial charge in [0.1, 0.15) is 5.82 Å². The molecule has 2 atom stereocenters. The van der Waals surface area contributed by atoms with Crippen molar-refractivity contribution in [2.24, 2.45) is 11.8 Å². The van der Waals surface area contributed by atoms with Gasteiger partial charge in [-0.2, -0.15) is 0 Å². The first kappa shape index (κ1) is 13.8. The van der Waals surface area contributed by atoms with E-state index in [0.29, 0.717) is 11.5 Å². The molecule has 0 radical (unpaired) electrons. The van der Waals surface area contributed by atoms with Crippen LogP contribution < -0.4 is 5.32 Å². The standard InChI is InChI=1S/C15H18ClFN2O/c1-19-7-12(9-2-3-9)14(8-19)18-15(20)11-5-4-10(17)6-13(11)16/h4-6,9,12,14H,2-3,7-8H2,1H3,(H,18,20)/t12-,14+/m0/s1. The van der Waals surface area contributed by atoms with E-state index in [4.69, 9.17) is 11.6 Å². The van der Waals surface area contributed by atoms with Crippen LogP contribution in [0.15, 0.2) is 18.2 Å². The maximum absolute atomic E-state index is 13.0. The molecule has 0 bridgehead atoms. The van der Waals surface area contributed by atoms with Crippen LogP contribution in [0.3, 0.4) is 0 Å². The molecule has 1 N–H and O–H groups in total. The van der Waals surface area contributed by atoms with Crippen molar-refractivity contribution in [2.45, 2.75) is 18.9 Å². The Balaban J connectivity index is 1.71. The highest BCUT2D eigenvalue weighted by molar-refractivity contribution is 6.33. The van der Waals surface area contributed by atoms with Crippen LogP contribution in [-0.2, 0) is 0 Å². The first-order valence-electron chi connectivity index (χ1n) is 6.99. The van der Waals surface area contributed by atoms with Gasteiger partial charge in [-0.1, -0.05) is 11.6 Å². The number of carbonyl (C=O) groups is 1. The van der Waals surface area contributed by atoms with Gasteiger partial charge in [0.15, 0.2) is 0 Å². The molecular weight excluding hydrogens is 279 g/mol. The number of rotatable bonds is 3. The first-order valence-corrected chi connectivity index (χ1v) is 7.37. The second-order valence-corrected chi connectivity index (χ2v) is 6.33. The number of carbonyl (C=O) groups excluding carboxylic acids is 1. The summed E-state index contributed by atoms with van der Waals surface area (Å²) in [6, 6.07) is 4.05. The van der Waals surface area contributed by atoms with Gasteiger partial charge in [0, 0.05) is 19.1 Å². The minimum absolute atomic E-state index is 0.164. The van der Waals surface area contributed by atoms with Crippen LogP contribution in [0.25, 0.3) is 0 Å². The van der Waals surface area contributed by atoms with Gasteiger partial charge in [0.05, 0.1) is 10.6 Å². The topological polar surface area (TPSA) is 32.3 Å². The Kier molecular flexibility index (Phi) is 3.69. The third-order valence-corrected chi connectivity index (χ3v) is 4.58. The maximum Gasteiger partial charge on any atom is 0.253 e. The minimum atomic E-state index is -0.428. The Morgan fingerprint density at radius 2 is 2.15 bits per heavy atom. The number of halogens is 2. The van der Waals surface area contributed by atoms with Crippen molar-refractivity contribution in [3.63, 3.8) is 0 Å². The van der Waals surface area contributed by atoms with Gasteiger partial charge in [-0.25, -0.2) is 4.39 Å². The first-order chi connectivity index (χ1) is 9.54. The predicted molar refractivity (Wildman–Crippen MR) is 76.4 cm³/mol. The third kappa shape index (κ3) is 2.81. The summed E-state index contributed by atoms with van der Waals surface area (Å²) in [7, 11) is 2.08. The van der Waals surface area contributed by atoms with Gasteiger partial charge in [-0.05, 0) is 49.9 Å². The second-order valence-electron chi connectivity index (χ2n) is 5.93. The van der Waals surface area contributed by atoms with Crippen LogP contribution in [0.4, 0.5) is 4.39 Å². The average molecular weight is 297 g/mol. The SMILES string of the molecule is CN1C[C@@H](NC(=O)c2ccc(F)cc2Cl)[C@H](C2CC2)C1. The molecule has 1 heterocycles. The summed E-state index contributed by atoms with van der Waals surface area (Å²) >= 11 is 5.94. The maximum atomic E-state index is 13.0. The summed E-state index contributed by atoms with van der Waals surface area (Å²) in [5, 5.41) is 3.23. The lowest BCUT2D eigenvalue weighted by Gasteiger charge is -2.19. The summed E-state index contributed by atoms with van der Waals surface area (Å²) in [6.07, 6.45) is 2.53. The van der Waals surface area contributed by atoms with E-state index in [-0.39, 0.29) is 17.0 Å². The fourth-order valence-corrected chi connectivity index (χ4v) is 3.36. The molecule has 1 aliphatic heterocycles. The Morgan fingerprint density at radius 3 is 2.80 bits per heavy atom. The number of amides is 1. The zero-order valence-electron chi connectivity index (χ0n) is 11.4. The van der Waals surface area contributed by atoms with Crippen LogP contribution in [0, 0.1) is 17.7 Å². The van der Waals surface area contributed by atoms with Crippen molar-refractivity contribution in [3.05, 3.63) is 34.6 Å². The Labute approximate surface area is 123 Å². The summed E-state index contributed by atoms with van der Waals surface area (Å²) in [5.74, 6) is 0.640. The molecule has 108 valence electrons. The molecule has 0 aromatic heterocycles. The molecule has 3 rings (SSSR count). The third-order valence-electron chi connectivity index (χ3n) is 4.27. The highest BCUT2D eigenvalue weighted by Gasteiger charge is 2.42. The molecule has 3 nitrogen and oxygen atoms in total. The number of benzene rings is 1. The van der Waals surface area contributed by atoms with E-state index in [9.17, 15) is 9.18 Å². The van der Waals surface area contributed by atoms with E-state index in [1.807, 2.05) is 0 Å². The minimum Gasteiger partial charge on any atom is -0.348 e. The molecule has 1 amide bonds. The van der Waals surface area contributed by atoms with Gasteiger partial charge in [0.2, 0.25) is 0 Å². The van der Waals surface area contributed by atoms with E-state index in [1.165, 1.54) is 31.0 Å². The number of hydrogen-bond donors (Lipinski definition) is 1. The van der Waals surface area contributed by atoms with Crippen molar-refractivity contribution in [2.75, 3.05) is 20.1 Å². The zero-order valence-corrected chi connectivity index (χ0v) is 12.2. The lowest BCUT2D eigenvalue weighted by atomic mass is 9.98. The quantitative estimate of drug-likeness (QED) is 0.930. The number of likely N-dealkylation sites (N-methyl/N-ethyl adjacent to an activating group) is 1.